The molecule has 2 aromatic carbocycles. The van der Waals surface area contributed by atoms with Crippen LogP contribution in [0.3, 0.4) is 0 Å². The minimum Gasteiger partial charge on any atom is -0.351 e. The number of anilines is 3. The molecule has 0 atom stereocenters. The second-order valence-corrected chi connectivity index (χ2v) is 5.13. The number of benzene rings is 2. The summed E-state index contributed by atoms with van der Waals surface area (Å²) in [5.41, 5.74) is 7.08. The van der Waals surface area contributed by atoms with E-state index < -0.39 is 11.0 Å². The Labute approximate surface area is 138 Å². The van der Waals surface area contributed by atoms with Gasteiger partial charge in [-0.25, -0.2) is 4.79 Å². The summed E-state index contributed by atoms with van der Waals surface area (Å²) in [6, 6.07) is 10.0. The van der Waals surface area contributed by atoms with Crippen LogP contribution < -0.4 is 16.0 Å². The molecule has 24 heavy (non-hydrogen) atoms. The topological polar surface area (TPSA) is 119 Å². The summed E-state index contributed by atoms with van der Waals surface area (Å²) in [6.45, 7) is 2.99. The van der Waals surface area contributed by atoms with Crippen molar-refractivity contribution in [3.63, 3.8) is 0 Å². The molecular weight excluding hydrogens is 312 g/mol. The monoisotopic (exact) mass is 328 g/mol. The predicted octanol–water partition coefficient (Wildman–Crippen LogP) is 3.08. The van der Waals surface area contributed by atoms with Crippen molar-refractivity contribution in [2.75, 3.05) is 10.2 Å². The first kappa shape index (κ1) is 16.9. The molecule has 124 valence electrons. The van der Waals surface area contributed by atoms with E-state index in [4.69, 9.17) is 5.73 Å². The molecule has 0 aliphatic heterocycles. The average Bonchev–Trinajstić information content (AvgIpc) is 2.49. The van der Waals surface area contributed by atoms with Crippen LogP contribution in [0.1, 0.15) is 12.5 Å². The van der Waals surface area contributed by atoms with Gasteiger partial charge in [-0.15, -0.1) is 0 Å². The summed E-state index contributed by atoms with van der Waals surface area (Å²) in [5.74, 6) is -0.219. The van der Waals surface area contributed by atoms with E-state index in [0.29, 0.717) is 16.9 Å². The number of hydrogen-bond acceptors (Lipinski definition) is 4. The minimum atomic E-state index is -0.777. The van der Waals surface area contributed by atoms with Gasteiger partial charge in [0.25, 0.3) is 5.69 Å². The molecule has 0 aliphatic carbocycles. The Balaban J connectivity index is 2.43. The molecule has 0 saturated heterocycles. The van der Waals surface area contributed by atoms with Crippen LogP contribution in [0.5, 0.6) is 0 Å². The molecule has 0 aromatic heterocycles. The molecule has 2 rings (SSSR count). The van der Waals surface area contributed by atoms with Gasteiger partial charge in [-0.05, 0) is 37.3 Å². The Morgan fingerprint density at radius 3 is 2.21 bits per heavy atom. The van der Waals surface area contributed by atoms with Gasteiger partial charge in [-0.2, -0.15) is 0 Å². The van der Waals surface area contributed by atoms with Crippen molar-refractivity contribution in [1.82, 2.24) is 0 Å². The molecular formula is C16H16N4O4. The summed E-state index contributed by atoms with van der Waals surface area (Å²) >= 11 is 0. The predicted molar refractivity (Wildman–Crippen MR) is 90.3 cm³/mol. The van der Waals surface area contributed by atoms with Crippen LogP contribution in [0, 0.1) is 17.0 Å². The molecule has 3 N–H and O–H groups in total. The number of carbonyl (C=O) groups excluding carboxylic acids is 2. The van der Waals surface area contributed by atoms with Crippen molar-refractivity contribution in [3.8, 4) is 0 Å². The van der Waals surface area contributed by atoms with E-state index >= 15 is 0 Å². The number of nitrogens with one attached hydrogen (secondary N) is 1. The van der Waals surface area contributed by atoms with E-state index in [-0.39, 0.29) is 17.3 Å². The molecule has 0 saturated carbocycles. The lowest BCUT2D eigenvalue weighted by molar-refractivity contribution is -0.385. The number of carbonyl (C=O) groups is 2. The lowest BCUT2D eigenvalue weighted by atomic mass is 10.1. The van der Waals surface area contributed by atoms with Gasteiger partial charge < -0.3 is 11.1 Å². The van der Waals surface area contributed by atoms with Crippen LogP contribution in [0.15, 0.2) is 42.5 Å². The number of nitrogens with zero attached hydrogens (tertiary/aromatic N) is 2. The highest BCUT2D eigenvalue weighted by molar-refractivity contribution is 5.99. The zero-order valence-corrected chi connectivity index (χ0v) is 13.1. The number of rotatable bonds is 4. The fraction of sp³-hybridized carbons (Fsp3) is 0.125. The molecule has 0 unspecified atom stereocenters. The fourth-order valence-electron chi connectivity index (χ4n) is 2.23. The SMILES string of the molecule is CC(=O)Nc1ccc(N(C(N)=O)c2ccc(C)c([N+](=O)[O-])c2)cc1. The molecule has 2 aromatic rings. The molecule has 3 amide bonds. The average molecular weight is 328 g/mol. The van der Waals surface area contributed by atoms with Crippen LogP contribution in [0.2, 0.25) is 0 Å². The zero-order chi connectivity index (χ0) is 17.9. The first-order chi connectivity index (χ1) is 11.3. The van der Waals surface area contributed by atoms with Crippen molar-refractivity contribution in [3.05, 3.63) is 58.1 Å². The molecule has 0 radical (unpaired) electrons. The third kappa shape index (κ3) is 3.67. The number of urea groups is 1. The second-order valence-electron chi connectivity index (χ2n) is 5.13. The molecule has 0 bridgehead atoms. The zero-order valence-electron chi connectivity index (χ0n) is 13.1. The quantitative estimate of drug-likeness (QED) is 0.662. The summed E-state index contributed by atoms with van der Waals surface area (Å²) in [4.78, 5) is 34.6. The minimum absolute atomic E-state index is 0.103. The van der Waals surface area contributed by atoms with Gasteiger partial charge in [-0.3, -0.25) is 19.8 Å². The fourth-order valence-corrected chi connectivity index (χ4v) is 2.23. The molecule has 0 aliphatic rings. The highest BCUT2D eigenvalue weighted by Crippen LogP contribution is 2.30. The van der Waals surface area contributed by atoms with E-state index in [1.54, 1.807) is 43.3 Å². The lowest BCUT2D eigenvalue weighted by Gasteiger charge is -2.21. The van der Waals surface area contributed by atoms with Gasteiger partial charge in [0, 0.05) is 24.2 Å². The normalized spacial score (nSPS) is 10.1. The van der Waals surface area contributed by atoms with E-state index in [0.717, 1.165) is 4.90 Å². The highest BCUT2D eigenvalue weighted by Gasteiger charge is 2.19. The number of primary amides is 1. The largest absolute Gasteiger partial charge is 0.351 e. The number of hydrogen-bond donors (Lipinski definition) is 2. The van der Waals surface area contributed by atoms with Gasteiger partial charge in [-0.1, -0.05) is 6.07 Å². The Hall–Kier alpha value is -3.42. The number of nitrogens with two attached hydrogens (primary N) is 1. The maximum Gasteiger partial charge on any atom is 0.323 e. The molecule has 0 spiro atoms. The first-order valence-corrected chi connectivity index (χ1v) is 7.02. The van der Waals surface area contributed by atoms with Gasteiger partial charge in [0.15, 0.2) is 0 Å². The van der Waals surface area contributed by atoms with Crippen molar-refractivity contribution in [1.29, 1.82) is 0 Å². The number of amides is 3. The lowest BCUT2D eigenvalue weighted by Crippen LogP contribution is -2.31. The Morgan fingerprint density at radius 2 is 1.71 bits per heavy atom. The number of nitro groups is 1. The van der Waals surface area contributed by atoms with E-state index in [2.05, 4.69) is 5.32 Å². The molecule has 8 nitrogen and oxygen atoms in total. The van der Waals surface area contributed by atoms with Gasteiger partial charge >= 0.3 is 6.03 Å². The van der Waals surface area contributed by atoms with Gasteiger partial charge in [0.1, 0.15) is 0 Å². The Kier molecular flexibility index (Phi) is 4.78. The van der Waals surface area contributed by atoms with Crippen LogP contribution in [-0.4, -0.2) is 16.9 Å². The highest BCUT2D eigenvalue weighted by atomic mass is 16.6. The van der Waals surface area contributed by atoms with Gasteiger partial charge in [0.2, 0.25) is 5.91 Å². The maximum absolute atomic E-state index is 11.8. The Bertz CT molecular complexity index is 802. The van der Waals surface area contributed by atoms with Gasteiger partial charge in [0.05, 0.1) is 16.3 Å². The van der Waals surface area contributed by atoms with Crippen LogP contribution in [0.25, 0.3) is 0 Å². The van der Waals surface area contributed by atoms with E-state index in [9.17, 15) is 19.7 Å². The number of aryl methyl sites for hydroxylation is 1. The van der Waals surface area contributed by atoms with Crippen LogP contribution >= 0.6 is 0 Å². The summed E-state index contributed by atoms with van der Waals surface area (Å²) in [5, 5.41) is 13.7. The maximum atomic E-state index is 11.8. The smallest absolute Gasteiger partial charge is 0.323 e. The standard InChI is InChI=1S/C16H16N4O4/c1-10-3-6-14(9-15(10)20(23)24)19(16(17)22)13-7-4-12(5-8-13)18-11(2)21/h3-9H,1-2H3,(H2,17,22)(H,18,21). The van der Waals surface area contributed by atoms with Crippen molar-refractivity contribution >= 4 is 34.7 Å². The summed E-state index contributed by atoms with van der Waals surface area (Å²) in [6.07, 6.45) is 0. The van der Waals surface area contributed by atoms with Crippen molar-refractivity contribution in [2.45, 2.75) is 13.8 Å². The third-order valence-electron chi connectivity index (χ3n) is 3.31. The molecule has 8 heteroatoms. The Morgan fingerprint density at radius 1 is 1.12 bits per heavy atom. The molecule has 0 heterocycles. The van der Waals surface area contributed by atoms with E-state index in [1.165, 1.54) is 13.0 Å². The second kappa shape index (κ2) is 6.78. The van der Waals surface area contributed by atoms with Crippen LogP contribution in [0.4, 0.5) is 27.5 Å². The van der Waals surface area contributed by atoms with Crippen molar-refractivity contribution < 1.29 is 14.5 Å². The third-order valence-corrected chi connectivity index (χ3v) is 3.31. The first-order valence-electron chi connectivity index (χ1n) is 7.02. The summed E-state index contributed by atoms with van der Waals surface area (Å²) < 4.78 is 0. The molecule has 0 fully saturated rings. The van der Waals surface area contributed by atoms with Crippen molar-refractivity contribution in [2.24, 2.45) is 5.73 Å². The summed E-state index contributed by atoms with van der Waals surface area (Å²) in [7, 11) is 0. The van der Waals surface area contributed by atoms with Crippen LogP contribution in [-0.2, 0) is 4.79 Å². The van der Waals surface area contributed by atoms with E-state index in [1.807, 2.05) is 0 Å². The number of nitro benzene ring substituents is 1.